The zero-order valence-electron chi connectivity index (χ0n) is 15.4. The van der Waals surface area contributed by atoms with E-state index in [-0.39, 0.29) is 11.2 Å². The van der Waals surface area contributed by atoms with Crippen molar-refractivity contribution in [2.45, 2.75) is 30.8 Å². The first-order chi connectivity index (χ1) is 13.5. The standard InChI is InChI=1S/C21H21F2NO3S/c1-13-20(27-18-5-3-2-4-17(18)26-13)21(25)24-9-8-19(28-11-10-24)15-12-14(22)6-7-16(15)23/h2-7,12-13,19-20H,8-11H2,1H3. The van der Waals surface area contributed by atoms with E-state index in [1.165, 1.54) is 6.07 Å². The topological polar surface area (TPSA) is 38.8 Å². The highest BCUT2D eigenvalue weighted by atomic mass is 32.2. The van der Waals surface area contributed by atoms with Gasteiger partial charge in [-0.15, -0.1) is 0 Å². The van der Waals surface area contributed by atoms with Crippen molar-refractivity contribution in [1.82, 2.24) is 4.90 Å². The number of nitrogens with zero attached hydrogens (tertiary/aromatic N) is 1. The van der Waals surface area contributed by atoms with Crippen molar-refractivity contribution < 1.29 is 23.0 Å². The molecule has 4 nitrogen and oxygen atoms in total. The van der Waals surface area contributed by atoms with Gasteiger partial charge >= 0.3 is 0 Å². The van der Waals surface area contributed by atoms with E-state index < -0.39 is 23.8 Å². The maximum absolute atomic E-state index is 14.1. The van der Waals surface area contributed by atoms with Crippen molar-refractivity contribution in [2.75, 3.05) is 18.8 Å². The fourth-order valence-electron chi connectivity index (χ4n) is 3.57. The van der Waals surface area contributed by atoms with Crippen molar-refractivity contribution in [2.24, 2.45) is 0 Å². The quantitative estimate of drug-likeness (QED) is 0.751. The van der Waals surface area contributed by atoms with Crippen LogP contribution in [0.25, 0.3) is 0 Å². The Hall–Kier alpha value is -2.28. The Morgan fingerprint density at radius 1 is 1.11 bits per heavy atom. The van der Waals surface area contributed by atoms with Gasteiger partial charge in [0, 0.05) is 29.7 Å². The summed E-state index contributed by atoms with van der Waals surface area (Å²) in [6.07, 6.45) is -0.577. The maximum Gasteiger partial charge on any atom is 0.267 e. The lowest BCUT2D eigenvalue weighted by Crippen LogP contribution is -2.51. The number of hydrogen-bond donors (Lipinski definition) is 0. The molecule has 0 saturated carbocycles. The molecule has 1 fully saturated rings. The highest BCUT2D eigenvalue weighted by Gasteiger charge is 2.37. The smallest absolute Gasteiger partial charge is 0.267 e. The lowest BCUT2D eigenvalue weighted by molar-refractivity contribution is -0.144. The summed E-state index contributed by atoms with van der Waals surface area (Å²) in [7, 11) is 0. The summed E-state index contributed by atoms with van der Waals surface area (Å²) in [5.41, 5.74) is 0.360. The first-order valence-electron chi connectivity index (χ1n) is 9.30. The van der Waals surface area contributed by atoms with E-state index in [1.807, 2.05) is 25.1 Å². The van der Waals surface area contributed by atoms with Crippen LogP contribution in [0.4, 0.5) is 8.78 Å². The molecule has 0 spiro atoms. The number of ether oxygens (including phenoxy) is 2. The predicted octanol–water partition coefficient (Wildman–Crippen LogP) is 4.20. The Kier molecular flexibility index (Phi) is 5.44. The summed E-state index contributed by atoms with van der Waals surface area (Å²) in [6, 6.07) is 10.8. The number of para-hydroxylation sites is 2. The molecule has 2 aromatic carbocycles. The van der Waals surface area contributed by atoms with E-state index in [4.69, 9.17) is 9.47 Å². The average molecular weight is 405 g/mol. The number of fused-ring (bicyclic) bond motifs is 1. The minimum absolute atomic E-state index is 0.136. The number of rotatable bonds is 2. The number of halogens is 2. The van der Waals surface area contributed by atoms with E-state index in [0.717, 1.165) is 12.1 Å². The summed E-state index contributed by atoms with van der Waals surface area (Å²) < 4.78 is 39.4. The molecule has 2 aliphatic heterocycles. The molecule has 0 radical (unpaired) electrons. The lowest BCUT2D eigenvalue weighted by atomic mass is 10.1. The minimum atomic E-state index is -0.720. The first-order valence-corrected chi connectivity index (χ1v) is 10.4. The van der Waals surface area contributed by atoms with Crippen molar-refractivity contribution in [3.05, 3.63) is 59.7 Å². The van der Waals surface area contributed by atoms with Gasteiger partial charge in [-0.3, -0.25) is 4.79 Å². The third-order valence-corrected chi connectivity index (χ3v) is 6.35. The zero-order chi connectivity index (χ0) is 19.7. The molecule has 1 amide bonds. The van der Waals surface area contributed by atoms with Gasteiger partial charge in [-0.1, -0.05) is 12.1 Å². The summed E-state index contributed by atoms with van der Waals surface area (Å²) >= 11 is 1.54. The van der Waals surface area contributed by atoms with Crippen LogP contribution in [0.1, 0.15) is 24.2 Å². The van der Waals surface area contributed by atoms with Crippen LogP contribution >= 0.6 is 11.8 Å². The number of hydrogen-bond acceptors (Lipinski definition) is 4. The van der Waals surface area contributed by atoms with Crippen LogP contribution in [0.2, 0.25) is 0 Å². The number of amides is 1. The van der Waals surface area contributed by atoms with Crippen LogP contribution in [-0.2, 0) is 4.79 Å². The molecule has 0 aromatic heterocycles. The van der Waals surface area contributed by atoms with Crippen LogP contribution in [0, 0.1) is 11.6 Å². The van der Waals surface area contributed by atoms with Crippen molar-refractivity contribution in [3.63, 3.8) is 0 Å². The van der Waals surface area contributed by atoms with Gasteiger partial charge in [-0.25, -0.2) is 8.78 Å². The minimum Gasteiger partial charge on any atom is -0.482 e. The van der Waals surface area contributed by atoms with Gasteiger partial charge in [0.05, 0.1) is 0 Å². The van der Waals surface area contributed by atoms with Gasteiger partial charge in [0.1, 0.15) is 17.7 Å². The van der Waals surface area contributed by atoms with E-state index in [2.05, 4.69) is 0 Å². The summed E-state index contributed by atoms with van der Waals surface area (Å²) in [5, 5.41) is -0.185. The molecule has 0 aliphatic carbocycles. The molecule has 2 aromatic rings. The first kappa shape index (κ1) is 19.1. The fourth-order valence-corrected chi connectivity index (χ4v) is 4.81. The summed E-state index contributed by atoms with van der Waals surface area (Å²) in [5.74, 6) is 0.838. The summed E-state index contributed by atoms with van der Waals surface area (Å²) in [4.78, 5) is 14.8. The van der Waals surface area contributed by atoms with Crippen LogP contribution in [-0.4, -0.2) is 41.9 Å². The Morgan fingerprint density at radius 2 is 1.86 bits per heavy atom. The van der Waals surface area contributed by atoms with Crippen LogP contribution < -0.4 is 9.47 Å². The van der Waals surface area contributed by atoms with Crippen molar-refractivity contribution in [1.29, 1.82) is 0 Å². The normalized spacial score (nSPS) is 24.5. The Morgan fingerprint density at radius 3 is 2.64 bits per heavy atom. The maximum atomic E-state index is 14.1. The molecule has 2 heterocycles. The van der Waals surface area contributed by atoms with Gasteiger partial charge in [-0.05, 0) is 43.7 Å². The van der Waals surface area contributed by atoms with Gasteiger partial charge in [0.2, 0.25) is 6.10 Å². The molecule has 0 N–H and O–H groups in total. The lowest BCUT2D eigenvalue weighted by Gasteiger charge is -2.34. The molecule has 7 heteroatoms. The zero-order valence-corrected chi connectivity index (χ0v) is 16.3. The second kappa shape index (κ2) is 7.99. The van der Waals surface area contributed by atoms with E-state index in [9.17, 15) is 13.6 Å². The molecule has 2 aliphatic rings. The average Bonchev–Trinajstić information content (AvgIpc) is 2.95. The number of benzene rings is 2. The third kappa shape index (κ3) is 3.81. The second-order valence-electron chi connectivity index (χ2n) is 6.95. The molecule has 4 rings (SSSR count). The number of carbonyl (C=O) groups is 1. The van der Waals surface area contributed by atoms with Gasteiger partial charge in [0.25, 0.3) is 5.91 Å². The SMILES string of the molecule is CC1Oc2ccccc2OC1C(=O)N1CCSC(c2cc(F)ccc2F)CC1. The second-order valence-corrected chi connectivity index (χ2v) is 8.26. The number of carbonyl (C=O) groups excluding carboxylic acids is 1. The van der Waals surface area contributed by atoms with E-state index in [1.54, 1.807) is 22.7 Å². The van der Waals surface area contributed by atoms with Crippen molar-refractivity contribution >= 4 is 17.7 Å². The van der Waals surface area contributed by atoms with Crippen molar-refractivity contribution in [3.8, 4) is 11.5 Å². The van der Waals surface area contributed by atoms with Gasteiger partial charge in [0.15, 0.2) is 11.5 Å². The molecule has 1 saturated heterocycles. The number of thioether (sulfide) groups is 1. The molecule has 3 unspecified atom stereocenters. The van der Waals surface area contributed by atoms with Gasteiger partial charge < -0.3 is 14.4 Å². The fraction of sp³-hybridized carbons (Fsp3) is 0.381. The highest BCUT2D eigenvalue weighted by Crippen LogP contribution is 2.37. The monoisotopic (exact) mass is 405 g/mol. The molecular formula is C21H21F2NO3S. The largest absolute Gasteiger partial charge is 0.482 e. The predicted molar refractivity (Wildman–Crippen MR) is 104 cm³/mol. The Labute approximate surface area is 166 Å². The highest BCUT2D eigenvalue weighted by molar-refractivity contribution is 7.99. The molecule has 0 bridgehead atoms. The Bertz CT molecular complexity index is 878. The molecular weight excluding hydrogens is 384 g/mol. The van der Waals surface area contributed by atoms with Crippen LogP contribution in [0.5, 0.6) is 11.5 Å². The Balaban J connectivity index is 1.46. The van der Waals surface area contributed by atoms with Crippen LogP contribution in [0.15, 0.2) is 42.5 Å². The van der Waals surface area contributed by atoms with E-state index in [0.29, 0.717) is 42.3 Å². The summed E-state index contributed by atoms with van der Waals surface area (Å²) in [6.45, 7) is 2.81. The third-order valence-electron chi connectivity index (χ3n) is 5.04. The molecule has 148 valence electrons. The molecule has 28 heavy (non-hydrogen) atoms. The van der Waals surface area contributed by atoms with Gasteiger partial charge in [-0.2, -0.15) is 11.8 Å². The molecule has 3 atom stereocenters. The van der Waals surface area contributed by atoms with Crippen LogP contribution in [0.3, 0.4) is 0 Å². The van der Waals surface area contributed by atoms with E-state index >= 15 is 0 Å².